The zero-order valence-corrected chi connectivity index (χ0v) is 16.1. The molecule has 0 fully saturated rings. The summed E-state index contributed by atoms with van der Waals surface area (Å²) in [4.78, 5) is 17.8. The van der Waals surface area contributed by atoms with E-state index in [2.05, 4.69) is 25.2 Å². The van der Waals surface area contributed by atoms with E-state index in [1.54, 1.807) is 18.3 Å². The summed E-state index contributed by atoms with van der Waals surface area (Å²) >= 11 is 2.80. The SMILES string of the molecule is CC(Sc1n[nH]c(Cc2cccs2)n1)C(=O)Nc1ccc(OC(F)(F)F)cc1. The Labute approximate surface area is 166 Å². The van der Waals surface area contributed by atoms with Crippen LogP contribution in [-0.2, 0) is 11.2 Å². The molecule has 11 heteroatoms. The summed E-state index contributed by atoms with van der Waals surface area (Å²) in [6.45, 7) is 1.69. The molecule has 6 nitrogen and oxygen atoms in total. The Kier molecular flexibility index (Phi) is 6.25. The number of halogens is 3. The van der Waals surface area contributed by atoms with Crippen LogP contribution in [0.3, 0.4) is 0 Å². The molecule has 2 N–H and O–H groups in total. The Bertz CT molecular complexity index is 911. The van der Waals surface area contributed by atoms with Gasteiger partial charge in [0.2, 0.25) is 11.1 Å². The van der Waals surface area contributed by atoms with Gasteiger partial charge < -0.3 is 10.1 Å². The van der Waals surface area contributed by atoms with Crippen molar-refractivity contribution in [1.82, 2.24) is 15.2 Å². The fraction of sp³-hybridized carbons (Fsp3) is 0.235. The fourth-order valence-electron chi connectivity index (χ4n) is 2.18. The highest BCUT2D eigenvalue weighted by Gasteiger charge is 2.31. The lowest BCUT2D eigenvalue weighted by Crippen LogP contribution is -2.22. The molecule has 3 aromatic rings. The second-order valence-corrected chi connectivity index (χ2v) is 7.98. The lowest BCUT2D eigenvalue weighted by Gasteiger charge is -2.12. The van der Waals surface area contributed by atoms with Crippen molar-refractivity contribution < 1.29 is 22.7 Å². The van der Waals surface area contributed by atoms with Crippen molar-refractivity contribution in [3.63, 3.8) is 0 Å². The summed E-state index contributed by atoms with van der Waals surface area (Å²) < 4.78 is 40.3. The molecule has 0 aliphatic rings. The molecule has 0 saturated heterocycles. The van der Waals surface area contributed by atoms with Gasteiger partial charge in [0.1, 0.15) is 11.6 Å². The molecule has 1 amide bonds. The predicted octanol–water partition coefficient (Wildman–Crippen LogP) is 4.47. The smallest absolute Gasteiger partial charge is 0.406 e. The third-order valence-electron chi connectivity index (χ3n) is 3.44. The summed E-state index contributed by atoms with van der Waals surface area (Å²) in [6.07, 6.45) is -4.12. The molecule has 0 bridgehead atoms. The number of aromatic nitrogens is 3. The molecule has 1 unspecified atom stereocenters. The highest BCUT2D eigenvalue weighted by molar-refractivity contribution is 8.00. The number of H-pyrrole nitrogens is 1. The highest BCUT2D eigenvalue weighted by Crippen LogP contribution is 2.25. The molecule has 2 aromatic heterocycles. The molecule has 2 heterocycles. The lowest BCUT2D eigenvalue weighted by molar-refractivity contribution is -0.274. The van der Waals surface area contributed by atoms with E-state index in [1.807, 2.05) is 17.5 Å². The summed E-state index contributed by atoms with van der Waals surface area (Å²) in [5.74, 6) is 0.0313. The molecule has 0 spiro atoms. The third-order valence-corrected chi connectivity index (χ3v) is 5.28. The van der Waals surface area contributed by atoms with Crippen molar-refractivity contribution in [3.05, 3.63) is 52.5 Å². The van der Waals surface area contributed by atoms with Crippen LogP contribution >= 0.6 is 23.1 Å². The van der Waals surface area contributed by atoms with E-state index in [1.165, 1.54) is 23.9 Å². The minimum Gasteiger partial charge on any atom is -0.406 e. The van der Waals surface area contributed by atoms with Gasteiger partial charge in [-0.1, -0.05) is 17.8 Å². The quantitative estimate of drug-likeness (QED) is 0.543. The number of carbonyl (C=O) groups excluding carboxylic acids is 1. The standard InChI is InChI=1S/C17H15F3N4O2S2/c1-10(28-16-22-14(23-24-16)9-13-3-2-8-27-13)15(25)21-11-4-6-12(7-5-11)26-17(18,19)20/h2-8,10H,9H2,1H3,(H,21,25)(H,22,23,24). The Balaban J connectivity index is 1.52. The van der Waals surface area contributed by atoms with Crippen LogP contribution in [0.2, 0.25) is 0 Å². The van der Waals surface area contributed by atoms with Gasteiger partial charge in [0.15, 0.2) is 0 Å². The zero-order chi connectivity index (χ0) is 20.1. The van der Waals surface area contributed by atoms with Crippen molar-refractivity contribution in [3.8, 4) is 5.75 Å². The Morgan fingerprint density at radius 3 is 2.71 bits per heavy atom. The van der Waals surface area contributed by atoms with Crippen LogP contribution in [0, 0.1) is 0 Å². The van der Waals surface area contributed by atoms with Crippen molar-refractivity contribution in [2.45, 2.75) is 30.1 Å². The van der Waals surface area contributed by atoms with Gasteiger partial charge in [-0.25, -0.2) is 4.98 Å². The highest BCUT2D eigenvalue weighted by atomic mass is 32.2. The molecular formula is C17H15F3N4O2S2. The number of rotatable bonds is 7. The number of benzene rings is 1. The van der Waals surface area contributed by atoms with Crippen LogP contribution in [-0.4, -0.2) is 32.7 Å². The van der Waals surface area contributed by atoms with E-state index in [4.69, 9.17) is 0 Å². The van der Waals surface area contributed by atoms with Crippen molar-refractivity contribution in [2.75, 3.05) is 5.32 Å². The van der Waals surface area contributed by atoms with Crippen LogP contribution in [0.1, 0.15) is 17.6 Å². The number of nitrogens with zero attached hydrogens (tertiary/aromatic N) is 2. The number of anilines is 1. The Morgan fingerprint density at radius 2 is 2.07 bits per heavy atom. The minimum atomic E-state index is -4.76. The van der Waals surface area contributed by atoms with E-state index >= 15 is 0 Å². The van der Waals surface area contributed by atoms with Gasteiger partial charge in [-0.15, -0.1) is 29.6 Å². The number of alkyl halides is 3. The first-order valence-corrected chi connectivity index (χ1v) is 9.81. The molecule has 28 heavy (non-hydrogen) atoms. The maximum Gasteiger partial charge on any atom is 0.573 e. The number of thiophene rings is 1. The average Bonchev–Trinajstić information content (AvgIpc) is 3.28. The van der Waals surface area contributed by atoms with E-state index in [0.29, 0.717) is 23.1 Å². The van der Waals surface area contributed by atoms with E-state index in [0.717, 1.165) is 17.0 Å². The molecule has 0 radical (unpaired) electrons. The van der Waals surface area contributed by atoms with Gasteiger partial charge in [-0.2, -0.15) is 0 Å². The van der Waals surface area contributed by atoms with Gasteiger partial charge in [0.05, 0.1) is 5.25 Å². The van der Waals surface area contributed by atoms with Gasteiger partial charge in [-0.05, 0) is 42.6 Å². The fourth-order valence-corrected chi connectivity index (χ4v) is 3.64. The van der Waals surface area contributed by atoms with Crippen LogP contribution in [0.25, 0.3) is 0 Å². The van der Waals surface area contributed by atoms with Gasteiger partial charge in [0, 0.05) is 17.0 Å². The minimum absolute atomic E-state index is 0.320. The number of thioether (sulfide) groups is 1. The van der Waals surface area contributed by atoms with E-state index in [9.17, 15) is 18.0 Å². The maximum atomic E-state index is 12.3. The number of hydrogen-bond donors (Lipinski definition) is 2. The number of amides is 1. The largest absolute Gasteiger partial charge is 0.573 e. The Morgan fingerprint density at radius 1 is 1.32 bits per heavy atom. The number of nitrogens with one attached hydrogen (secondary N) is 2. The second-order valence-electron chi connectivity index (χ2n) is 5.64. The summed E-state index contributed by atoms with van der Waals surface area (Å²) in [5, 5.41) is 11.5. The van der Waals surface area contributed by atoms with Crippen LogP contribution < -0.4 is 10.1 Å². The summed E-state index contributed by atoms with van der Waals surface area (Å²) in [5.41, 5.74) is 0.361. The van der Waals surface area contributed by atoms with Crippen molar-refractivity contribution >= 4 is 34.7 Å². The second kappa shape index (κ2) is 8.65. The van der Waals surface area contributed by atoms with Gasteiger partial charge in [0.25, 0.3) is 0 Å². The molecule has 0 aliphatic heterocycles. The lowest BCUT2D eigenvalue weighted by atomic mass is 10.3. The first-order chi connectivity index (χ1) is 13.3. The van der Waals surface area contributed by atoms with E-state index < -0.39 is 11.6 Å². The number of hydrogen-bond acceptors (Lipinski definition) is 6. The van der Waals surface area contributed by atoms with Gasteiger partial charge in [-0.3, -0.25) is 9.89 Å². The Hall–Kier alpha value is -2.53. The number of ether oxygens (including phenoxy) is 1. The average molecular weight is 428 g/mol. The first-order valence-electron chi connectivity index (χ1n) is 8.05. The zero-order valence-electron chi connectivity index (χ0n) is 14.5. The molecule has 0 saturated carbocycles. The number of carbonyl (C=O) groups is 1. The predicted molar refractivity (Wildman–Crippen MR) is 101 cm³/mol. The van der Waals surface area contributed by atoms with Gasteiger partial charge >= 0.3 is 6.36 Å². The first kappa shape index (κ1) is 20.2. The molecule has 1 aromatic carbocycles. The number of aromatic amines is 1. The molecule has 0 aliphatic carbocycles. The molecule has 1 atom stereocenters. The monoisotopic (exact) mass is 428 g/mol. The topological polar surface area (TPSA) is 79.9 Å². The molecule has 148 valence electrons. The summed E-state index contributed by atoms with van der Waals surface area (Å²) in [6, 6.07) is 8.89. The third kappa shape index (κ3) is 5.99. The van der Waals surface area contributed by atoms with Crippen LogP contribution in [0.5, 0.6) is 5.75 Å². The van der Waals surface area contributed by atoms with Crippen LogP contribution in [0.15, 0.2) is 46.9 Å². The van der Waals surface area contributed by atoms with Crippen molar-refractivity contribution in [1.29, 1.82) is 0 Å². The molecule has 3 rings (SSSR count). The van der Waals surface area contributed by atoms with Crippen LogP contribution in [0.4, 0.5) is 18.9 Å². The molecular weight excluding hydrogens is 413 g/mol. The van der Waals surface area contributed by atoms with Crippen molar-refractivity contribution in [2.24, 2.45) is 0 Å². The maximum absolute atomic E-state index is 12.3. The normalized spacial score (nSPS) is 12.6. The van der Waals surface area contributed by atoms with E-state index in [-0.39, 0.29) is 11.7 Å². The summed E-state index contributed by atoms with van der Waals surface area (Å²) in [7, 11) is 0.